The summed E-state index contributed by atoms with van der Waals surface area (Å²) < 4.78 is 26.7. The van der Waals surface area contributed by atoms with Crippen LogP contribution in [0.15, 0.2) is 29.2 Å². The van der Waals surface area contributed by atoms with Gasteiger partial charge < -0.3 is 4.90 Å². The van der Waals surface area contributed by atoms with Gasteiger partial charge in [0.05, 0.1) is 4.90 Å². The van der Waals surface area contributed by atoms with E-state index in [1.165, 1.54) is 0 Å². The van der Waals surface area contributed by atoms with E-state index in [0.29, 0.717) is 36.9 Å². The molecule has 1 aromatic carbocycles. The number of benzene rings is 1. The Bertz CT molecular complexity index is 654. The molecule has 0 spiro atoms. The molecule has 1 aromatic rings. The van der Waals surface area contributed by atoms with Crippen LogP contribution in [0.2, 0.25) is 0 Å². The van der Waals surface area contributed by atoms with Gasteiger partial charge in [0.15, 0.2) is 0 Å². The van der Waals surface area contributed by atoms with Gasteiger partial charge in [-0.15, -0.1) is 0 Å². The number of hydrogen-bond acceptors (Lipinski definition) is 3. The van der Waals surface area contributed by atoms with Gasteiger partial charge in [-0.3, -0.25) is 4.79 Å². The number of piperidine rings is 1. The minimum Gasteiger partial charge on any atom is -0.312 e. The number of carbonyl (C=O) groups excluding carboxylic acids is 1. The van der Waals surface area contributed by atoms with Crippen LogP contribution in [0.25, 0.3) is 0 Å². The summed E-state index contributed by atoms with van der Waals surface area (Å²) in [7, 11) is -3.40. The van der Waals surface area contributed by atoms with Gasteiger partial charge in [0.2, 0.25) is 15.9 Å². The number of carbonyl (C=O) groups is 1. The van der Waals surface area contributed by atoms with Crippen molar-refractivity contribution in [3.05, 3.63) is 24.3 Å². The zero-order valence-electron chi connectivity index (χ0n) is 12.9. The van der Waals surface area contributed by atoms with Gasteiger partial charge in [-0.2, -0.15) is 4.31 Å². The first-order valence-corrected chi connectivity index (χ1v) is 9.33. The molecule has 0 aliphatic carbocycles. The summed E-state index contributed by atoms with van der Waals surface area (Å²) in [5.74, 6) is 0.537. The lowest BCUT2D eigenvalue weighted by molar-refractivity contribution is -0.119. The molecule has 2 fully saturated rings. The van der Waals surface area contributed by atoms with E-state index in [9.17, 15) is 13.2 Å². The third-order valence-corrected chi connectivity index (χ3v) is 6.38. The zero-order chi connectivity index (χ0) is 15.7. The molecule has 1 unspecified atom stereocenters. The molecule has 6 heteroatoms. The van der Waals surface area contributed by atoms with Crippen molar-refractivity contribution in [2.24, 2.45) is 5.92 Å². The lowest BCUT2D eigenvalue weighted by atomic mass is 10.1. The van der Waals surface area contributed by atoms with Crippen molar-refractivity contribution in [1.29, 1.82) is 0 Å². The molecule has 2 heterocycles. The maximum absolute atomic E-state index is 12.6. The van der Waals surface area contributed by atoms with Gasteiger partial charge in [0, 0.05) is 31.7 Å². The Labute approximate surface area is 132 Å². The van der Waals surface area contributed by atoms with E-state index in [1.807, 2.05) is 0 Å². The fourth-order valence-corrected chi connectivity index (χ4v) is 4.71. The monoisotopic (exact) mass is 322 g/mol. The van der Waals surface area contributed by atoms with Crippen LogP contribution in [0.3, 0.4) is 0 Å². The van der Waals surface area contributed by atoms with Crippen LogP contribution in [-0.4, -0.2) is 38.3 Å². The molecular weight excluding hydrogens is 300 g/mol. The Morgan fingerprint density at radius 2 is 1.82 bits per heavy atom. The Balaban J connectivity index is 1.80. The van der Waals surface area contributed by atoms with E-state index in [2.05, 4.69) is 6.92 Å². The van der Waals surface area contributed by atoms with Crippen LogP contribution in [0, 0.1) is 5.92 Å². The topological polar surface area (TPSA) is 57.7 Å². The van der Waals surface area contributed by atoms with Gasteiger partial charge in [-0.1, -0.05) is 6.92 Å². The van der Waals surface area contributed by atoms with Crippen molar-refractivity contribution >= 4 is 21.6 Å². The maximum atomic E-state index is 12.6. The number of nitrogens with zero attached hydrogens (tertiary/aromatic N) is 2. The quantitative estimate of drug-likeness (QED) is 0.857. The van der Waals surface area contributed by atoms with E-state index in [-0.39, 0.29) is 5.91 Å². The number of rotatable bonds is 3. The highest BCUT2D eigenvalue weighted by Gasteiger charge is 2.30. The molecule has 1 amide bonds. The SMILES string of the molecule is CC1CCN(S(=O)(=O)c2ccc(N3CCCCC3=O)cc2)C1. The molecule has 0 radical (unpaired) electrons. The Morgan fingerprint density at radius 3 is 2.41 bits per heavy atom. The van der Waals surface area contributed by atoms with E-state index < -0.39 is 10.0 Å². The highest BCUT2D eigenvalue weighted by atomic mass is 32.2. The van der Waals surface area contributed by atoms with Crippen LogP contribution < -0.4 is 4.90 Å². The van der Waals surface area contributed by atoms with Gasteiger partial charge in [0.25, 0.3) is 0 Å². The van der Waals surface area contributed by atoms with E-state index in [4.69, 9.17) is 0 Å². The molecule has 1 atom stereocenters. The van der Waals surface area contributed by atoms with Crippen LogP contribution in [-0.2, 0) is 14.8 Å². The van der Waals surface area contributed by atoms with E-state index in [0.717, 1.165) is 24.9 Å². The third-order valence-electron chi connectivity index (χ3n) is 4.50. The summed E-state index contributed by atoms with van der Waals surface area (Å²) >= 11 is 0. The molecule has 3 rings (SSSR count). The van der Waals surface area contributed by atoms with Crippen molar-refractivity contribution in [3.63, 3.8) is 0 Å². The fourth-order valence-electron chi connectivity index (χ4n) is 3.14. The largest absolute Gasteiger partial charge is 0.312 e. The first kappa shape index (κ1) is 15.5. The second-order valence-corrected chi connectivity index (χ2v) is 8.19. The summed E-state index contributed by atoms with van der Waals surface area (Å²) in [5, 5.41) is 0. The second kappa shape index (κ2) is 6.01. The summed E-state index contributed by atoms with van der Waals surface area (Å²) in [6, 6.07) is 6.73. The molecule has 120 valence electrons. The summed E-state index contributed by atoms with van der Waals surface area (Å²) in [6.07, 6.45) is 3.43. The van der Waals surface area contributed by atoms with Crippen molar-refractivity contribution in [2.45, 2.75) is 37.5 Å². The van der Waals surface area contributed by atoms with Crippen molar-refractivity contribution in [2.75, 3.05) is 24.5 Å². The first-order chi connectivity index (χ1) is 10.5. The Kier molecular flexibility index (Phi) is 4.23. The molecular formula is C16H22N2O3S. The molecule has 5 nitrogen and oxygen atoms in total. The van der Waals surface area contributed by atoms with E-state index in [1.54, 1.807) is 33.5 Å². The van der Waals surface area contributed by atoms with Crippen molar-refractivity contribution < 1.29 is 13.2 Å². The minimum absolute atomic E-state index is 0.121. The van der Waals surface area contributed by atoms with Crippen LogP contribution >= 0.6 is 0 Å². The van der Waals surface area contributed by atoms with Gasteiger partial charge >= 0.3 is 0 Å². The van der Waals surface area contributed by atoms with E-state index >= 15 is 0 Å². The molecule has 0 N–H and O–H groups in total. The van der Waals surface area contributed by atoms with Gasteiger partial charge in [-0.25, -0.2) is 8.42 Å². The second-order valence-electron chi connectivity index (χ2n) is 6.25. The zero-order valence-corrected chi connectivity index (χ0v) is 13.7. The summed E-state index contributed by atoms with van der Waals surface area (Å²) in [4.78, 5) is 14.0. The van der Waals surface area contributed by atoms with Gasteiger partial charge in [-0.05, 0) is 49.4 Å². The normalized spacial score (nSPS) is 24.0. The molecule has 2 aliphatic heterocycles. The fraction of sp³-hybridized carbons (Fsp3) is 0.562. The maximum Gasteiger partial charge on any atom is 0.243 e. The Morgan fingerprint density at radius 1 is 1.09 bits per heavy atom. The Hall–Kier alpha value is -1.40. The highest BCUT2D eigenvalue weighted by molar-refractivity contribution is 7.89. The lowest BCUT2D eigenvalue weighted by Crippen LogP contribution is -2.35. The molecule has 22 heavy (non-hydrogen) atoms. The molecule has 2 saturated heterocycles. The van der Waals surface area contributed by atoms with Gasteiger partial charge in [0.1, 0.15) is 0 Å². The standard InChI is InChI=1S/C16H22N2O3S/c1-13-9-11-17(12-13)22(20,21)15-7-5-14(6-8-15)18-10-3-2-4-16(18)19/h5-8,13H,2-4,9-12H2,1H3. The molecule has 0 bridgehead atoms. The molecule has 0 aromatic heterocycles. The smallest absolute Gasteiger partial charge is 0.243 e. The number of hydrogen-bond donors (Lipinski definition) is 0. The first-order valence-electron chi connectivity index (χ1n) is 7.89. The summed E-state index contributed by atoms with van der Waals surface area (Å²) in [5.41, 5.74) is 0.790. The van der Waals surface area contributed by atoms with Crippen LogP contribution in [0.1, 0.15) is 32.6 Å². The van der Waals surface area contributed by atoms with Crippen LogP contribution in [0.5, 0.6) is 0 Å². The summed E-state index contributed by atoms with van der Waals surface area (Å²) in [6.45, 7) is 3.97. The number of anilines is 1. The predicted octanol–water partition coefficient (Wildman–Crippen LogP) is 2.23. The minimum atomic E-state index is -3.40. The van der Waals surface area contributed by atoms with Crippen molar-refractivity contribution in [1.82, 2.24) is 4.31 Å². The lowest BCUT2D eigenvalue weighted by Gasteiger charge is -2.27. The average Bonchev–Trinajstić information content (AvgIpc) is 2.95. The number of amides is 1. The predicted molar refractivity (Wildman–Crippen MR) is 85.2 cm³/mol. The molecule has 0 saturated carbocycles. The number of sulfonamides is 1. The highest BCUT2D eigenvalue weighted by Crippen LogP contribution is 2.27. The third kappa shape index (κ3) is 2.90. The van der Waals surface area contributed by atoms with Crippen LogP contribution in [0.4, 0.5) is 5.69 Å². The average molecular weight is 322 g/mol. The van der Waals surface area contributed by atoms with Crippen molar-refractivity contribution in [3.8, 4) is 0 Å². The molecule has 2 aliphatic rings.